The predicted octanol–water partition coefficient (Wildman–Crippen LogP) is 2.59. The van der Waals surface area contributed by atoms with E-state index in [4.69, 9.17) is 11.2 Å². The van der Waals surface area contributed by atoms with Crippen molar-refractivity contribution in [1.29, 1.82) is 0 Å². The van der Waals surface area contributed by atoms with Crippen LogP contribution in [0.1, 0.15) is 32.8 Å². The van der Waals surface area contributed by atoms with Crippen molar-refractivity contribution in [1.82, 2.24) is 10.6 Å². The lowest BCUT2D eigenvalue weighted by atomic mass is 10.1. The molecular formula is C18H27N3O. The average Bonchev–Trinajstić information content (AvgIpc) is 2.54. The lowest BCUT2D eigenvalue weighted by Crippen LogP contribution is -2.42. The summed E-state index contributed by atoms with van der Waals surface area (Å²) in [5, 5.41) is 6.65. The topological polar surface area (TPSA) is 45.6 Å². The van der Waals surface area contributed by atoms with Crippen molar-refractivity contribution in [2.45, 2.75) is 39.7 Å². The molecule has 0 amide bonds. The second kappa shape index (κ2) is 10.6. The van der Waals surface area contributed by atoms with Crippen LogP contribution in [-0.4, -0.2) is 31.7 Å². The molecule has 0 aliphatic heterocycles. The highest BCUT2D eigenvalue weighted by molar-refractivity contribution is 5.80. The van der Waals surface area contributed by atoms with Gasteiger partial charge in [0.25, 0.3) is 0 Å². The van der Waals surface area contributed by atoms with E-state index < -0.39 is 0 Å². The Kier molecular flexibility index (Phi) is 8.59. The molecule has 1 aromatic carbocycles. The summed E-state index contributed by atoms with van der Waals surface area (Å²) in [6.45, 7) is 8.30. The van der Waals surface area contributed by atoms with Gasteiger partial charge in [-0.25, -0.2) is 0 Å². The Morgan fingerprint density at radius 2 is 2.05 bits per heavy atom. The summed E-state index contributed by atoms with van der Waals surface area (Å²) < 4.78 is 5.36. The van der Waals surface area contributed by atoms with Crippen molar-refractivity contribution >= 4 is 5.96 Å². The molecular weight excluding hydrogens is 274 g/mol. The van der Waals surface area contributed by atoms with Crippen LogP contribution in [0.25, 0.3) is 0 Å². The molecule has 0 fully saturated rings. The van der Waals surface area contributed by atoms with Gasteiger partial charge in [-0.15, -0.1) is 6.42 Å². The Balaban J connectivity index is 2.49. The second-order valence-corrected chi connectivity index (χ2v) is 5.10. The Morgan fingerprint density at radius 3 is 2.64 bits per heavy atom. The highest BCUT2D eigenvalue weighted by atomic mass is 16.5. The highest BCUT2D eigenvalue weighted by Crippen LogP contribution is 2.12. The van der Waals surface area contributed by atoms with E-state index in [1.54, 1.807) is 0 Å². The molecule has 0 aliphatic carbocycles. The fraction of sp³-hybridized carbons (Fsp3) is 0.500. The zero-order valence-electron chi connectivity index (χ0n) is 13.9. The Bertz CT molecular complexity index is 488. The van der Waals surface area contributed by atoms with Gasteiger partial charge in [0.05, 0.1) is 0 Å². The zero-order valence-corrected chi connectivity index (χ0v) is 13.9. The number of aliphatic imine (C=N–C) groups is 1. The minimum absolute atomic E-state index is 0.303. The van der Waals surface area contributed by atoms with Crippen LogP contribution in [0.3, 0.4) is 0 Å². The molecule has 0 saturated heterocycles. The van der Waals surface area contributed by atoms with E-state index in [9.17, 15) is 0 Å². The van der Waals surface area contributed by atoms with Gasteiger partial charge in [-0.3, -0.25) is 4.99 Å². The van der Waals surface area contributed by atoms with Gasteiger partial charge < -0.3 is 15.4 Å². The van der Waals surface area contributed by atoms with Gasteiger partial charge in [0.1, 0.15) is 12.4 Å². The number of hydrogen-bond donors (Lipinski definition) is 2. The van der Waals surface area contributed by atoms with E-state index in [-0.39, 0.29) is 0 Å². The third-order valence-electron chi connectivity index (χ3n) is 3.26. The van der Waals surface area contributed by atoms with Gasteiger partial charge in [0.15, 0.2) is 5.96 Å². The minimum atomic E-state index is 0.303. The average molecular weight is 301 g/mol. The molecule has 2 N–H and O–H groups in total. The Hall–Kier alpha value is -2.15. The van der Waals surface area contributed by atoms with Gasteiger partial charge in [-0.05, 0) is 44.4 Å². The van der Waals surface area contributed by atoms with Crippen LogP contribution in [0, 0.1) is 12.3 Å². The maximum Gasteiger partial charge on any atom is 0.191 e. The van der Waals surface area contributed by atoms with Gasteiger partial charge in [-0.1, -0.05) is 25.0 Å². The zero-order chi connectivity index (χ0) is 16.2. The maximum atomic E-state index is 5.36. The lowest BCUT2D eigenvalue weighted by molar-refractivity contribution is 0.370. The second-order valence-electron chi connectivity index (χ2n) is 5.10. The first kappa shape index (κ1) is 17.9. The van der Waals surface area contributed by atoms with Crippen molar-refractivity contribution in [3.8, 4) is 18.1 Å². The summed E-state index contributed by atoms with van der Waals surface area (Å²) in [6.07, 6.45) is 7.14. The first-order chi connectivity index (χ1) is 10.7. The van der Waals surface area contributed by atoms with E-state index in [0.717, 1.165) is 37.6 Å². The molecule has 1 unspecified atom stereocenters. The van der Waals surface area contributed by atoms with Crippen molar-refractivity contribution in [3.05, 3.63) is 29.8 Å². The smallest absolute Gasteiger partial charge is 0.191 e. The fourth-order valence-electron chi connectivity index (χ4n) is 1.83. The van der Waals surface area contributed by atoms with Crippen LogP contribution in [0.15, 0.2) is 29.3 Å². The third-order valence-corrected chi connectivity index (χ3v) is 3.26. The van der Waals surface area contributed by atoms with Crippen LogP contribution in [0.2, 0.25) is 0 Å². The molecule has 0 saturated carbocycles. The normalized spacial score (nSPS) is 12.4. The monoisotopic (exact) mass is 301 g/mol. The SMILES string of the molecule is C#CCOc1ccc(CCN=C(NCC)NC(C)CC)cc1. The quantitative estimate of drug-likeness (QED) is 0.441. The van der Waals surface area contributed by atoms with E-state index >= 15 is 0 Å². The molecule has 0 heterocycles. The molecule has 0 radical (unpaired) electrons. The maximum absolute atomic E-state index is 5.36. The van der Waals surface area contributed by atoms with Gasteiger partial charge >= 0.3 is 0 Å². The first-order valence-electron chi connectivity index (χ1n) is 7.89. The molecule has 0 spiro atoms. The van der Waals surface area contributed by atoms with Gasteiger partial charge in [0.2, 0.25) is 0 Å². The standard InChI is InChI=1S/C18H27N3O/c1-5-14-22-17-10-8-16(9-11-17)12-13-20-18(19-7-3)21-15(4)6-2/h1,8-11,15H,6-7,12-14H2,2-4H3,(H2,19,20,21). The number of nitrogens with zero attached hydrogens (tertiary/aromatic N) is 1. The van der Waals surface area contributed by atoms with E-state index in [1.165, 1.54) is 5.56 Å². The molecule has 0 aliphatic rings. The van der Waals surface area contributed by atoms with Crippen LogP contribution in [-0.2, 0) is 6.42 Å². The molecule has 22 heavy (non-hydrogen) atoms. The van der Waals surface area contributed by atoms with Crippen molar-refractivity contribution in [2.24, 2.45) is 4.99 Å². The highest BCUT2D eigenvalue weighted by Gasteiger charge is 2.02. The minimum Gasteiger partial charge on any atom is -0.481 e. The molecule has 0 bridgehead atoms. The van der Waals surface area contributed by atoms with Crippen molar-refractivity contribution in [2.75, 3.05) is 19.7 Å². The number of ether oxygens (including phenoxy) is 1. The van der Waals surface area contributed by atoms with Crippen molar-refractivity contribution < 1.29 is 4.74 Å². The molecule has 1 rings (SSSR count). The largest absolute Gasteiger partial charge is 0.481 e. The predicted molar refractivity (Wildman–Crippen MR) is 93.3 cm³/mol. The van der Waals surface area contributed by atoms with Crippen LogP contribution in [0.5, 0.6) is 5.75 Å². The van der Waals surface area contributed by atoms with E-state index in [0.29, 0.717) is 12.6 Å². The Labute approximate surface area is 134 Å². The van der Waals surface area contributed by atoms with Crippen molar-refractivity contribution in [3.63, 3.8) is 0 Å². The summed E-state index contributed by atoms with van der Waals surface area (Å²) in [5.41, 5.74) is 1.23. The first-order valence-corrected chi connectivity index (χ1v) is 7.89. The number of terminal acetylenes is 1. The molecule has 4 nitrogen and oxygen atoms in total. The number of nitrogens with one attached hydrogen (secondary N) is 2. The number of rotatable bonds is 8. The number of hydrogen-bond acceptors (Lipinski definition) is 2. The summed E-state index contributed by atoms with van der Waals surface area (Å²) in [7, 11) is 0. The Morgan fingerprint density at radius 1 is 1.32 bits per heavy atom. The fourth-order valence-corrected chi connectivity index (χ4v) is 1.83. The molecule has 4 heteroatoms. The number of benzene rings is 1. The van der Waals surface area contributed by atoms with Gasteiger partial charge in [-0.2, -0.15) is 0 Å². The summed E-state index contributed by atoms with van der Waals surface area (Å²) >= 11 is 0. The molecule has 1 atom stereocenters. The summed E-state index contributed by atoms with van der Waals surface area (Å²) in [4.78, 5) is 4.61. The van der Waals surface area contributed by atoms with E-state index in [1.807, 2.05) is 12.1 Å². The van der Waals surface area contributed by atoms with Crippen LogP contribution >= 0.6 is 0 Å². The molecule has 120 valence electrons. The molecule has 1 aromatic rings. The van der Waals surface area contributed by atoms with Gasteiger partial charge in [0, 0.05) is 19.1 Å². The number of guanidine groups is 1. The van der Waals surface area contributed by atoms with Crippen LogP contribution in [0.4, 0.5) is 0 Å². The van der Waals surface area contributed by atoms with Crippen LogP contribution < -0.4 is 15.4 Å². The summed E-state index contributed by atoms with van der Waals surface area (Å²) in [5.74, 6) is 4.14. The lowest BCUT2D eigenvalue weighted by Gasteiger charge is -2.16. The van der Waals surface area contributed by atoms with E-state index in [2.05, 4.69) is 54.5 Å². The third kappa shape index (κ3) is 7.03. The summed E-state index contributed by atoms with van der Waals surface area (Å²) in [6, 6.07) is 8.41. The molecule has 0 aromatic heterocycles.